The van der Waals surface area contributed by atoms with Crippen LogP contribution < -0.4 is 5.32 Å². The minimum Gasteiger partial charge on any atom is -0.314 e. The highest BCUT2D eigenvalue weighted by molar-refractivity contribution is 5.25. The van der Waals surface area contributed by atoms with Crippen molar-refractivity contribution in [3.8, 4) is 0 Å². The average molecular weight is 259 g/mol. The molecule has 1 unspecified atom stereocenters. The largest absolute Gasteiger partial charge is 0.416 e. The van der Waals surface area contributed by atoms with Gasteiger partial charge in [0.25, 0.3) is 0 Å². The lowest BCUT2D eigenvalue weighted by atomic mass is 10.0. The molecule has 0 bridgehead atoms. The van der Waals surface area contributed by atoms with Crippen LogP contribution in [0.5, 0.6) is 0 Å². The summed E-state index contributed by atoms with van der Waals surface area (Å²) in [6.45, 7) is 5.03. The van der Waals surface area contributed by atoms with Gasteiger partial charge in [-0.15, -0.1) is 0 Å². The summed E-state index contributed by atoms with van der Waals surface area (Å²) in [4.78, 5) is 0. The van der Waals surface area contributed by atoms with Gasteiger partial charge in [0.1, 0.15) is 0 Å². The van der Waals surface area contributed by atoms with Crippen LogP contribution in [0.15, 0.2) is 24.3 Å². The molecular weight excluding hydrogens is 239 g/mol. The van der Waals surface area contributed by atoms with Gasteiger partial charge in [0.2, 0.25) is 0 Å². The van der Waals surface area contributed by atoms with Crippen molar-refractivity contribution in [1.29, 1.82) is 0 Å². The van der Waals surface area contributed by atoms with Gasteiger partial charge >= 0.3 is 6.18 Å². The number of nitrogens with one attached hydrogen (secondary N) is 1. The van der Waals surface area contributed by atoms with Gasteiger partial charge in [0.15, 0.2) is 0 Å². The lowest BCUT2D eigenvalue weighted by molar-refractivity contribution is -0.137. The maximum Gasteiger partial charge on any atom is 0.416 e. The van der Waals surface area contributed by atoms with Crippen molar-refractivity contribution in [3.05, 3.63) is 35.4 Å². The summed E-state index contributed by atoms with van der Waals surface area (Å²) >= 11 is 0. The number of halogens is 3. The van der Waals surface area contributed by atoms with Crippen LogP contribution in [0.3, 0.4) is 0 Å². The van der Waals surface area contributed by atoms with Crippen LogP contribution in [0.2, 0.25) is 0 Å². The molecule has 1 aromatic carbocycles. The Morgan fingerprint density at radius 2 is 1.72 bits per heavy atom. The summed E-state index contributed by atoms with van der Waals surface area (Å²) in [5, 5.41) is 3.35. The summed E-state index contributed by atoms with van der Waals surface area (Å²) in [6, 6.07) is 5.80. The molecule has 1 N–H and O–H groups in total. The Balaban J connectivity index is 2.67. The predicted molar refractivity (Wildman–Crippen MR) is 67.5 cm³/mol. The fourth-order valence-corrected chi connectivity index (χ4v) is 2.03. The summed E-state index contributed by atoms with van der Waals surface area (Å²) in [7, 11) is 0. The van der Waals surface area contributed by atoms with E-state index in [-0.39, 0.29) is 0 Å². The quantitative estimate of drug-likeness (QED) is 0.813. The van der Waals surface area contributed by atoms with Gasteiger partial charge in [-0.2, -0.15) is 13.2 Å². The smallest absolute Gasteiger partial charge is 0.314 e. The van der Waals surface area contributed by atoms with Gasteiger partial charge in [-0.25, -0.2) is 0 Å². The molecule has 0 aliphatic heterocycles. The predicted octanol–water partition coefficient (Wildman–Crippen LogP) is 4.03. The molecular formula is C14H20F3N. The highest BCUT2D eigenvalue weighted by atomic mass is 19.4. The van der Waals surface area contributed by atoms with Crippen LogP contribution in [0.1, 0.15) is 37.8 Å². The maximum atomic E-state index is 12.4. The number of alkyl halides is 3. The molecule has 102 valence electrons. The second-order valence-corrected chi connectivity index (χ2v) is 4.44. The van der Waals surface area contributed by atoms with E-state index in [9.17, 15) is 13.2 Å². The first kappa shape index (κ1) is 15.0. The normalized spacial score (nSPS) is 13.6. The van der Waals surface area contributed by atoms with Crippen molar-refractivity contribution in [2.75, 3.05) is 6.54 Å². The standard InChI is InChI=1S/C14H20F3N/c1-3-5-13(18-4-2)10-11-6-8-12(9-7-11)14(15,16)17/h6-9,13,18H,3-5,10H2,1-2H3. The zero-order valence-electron chi connectivity index (χ0n) is 10.8. The molecule has 1 aromatic rings. The molecule has 0 saturated carbocycles. The lowest BCUT2D eigenvalue weighted by Gasteiger charge is -2.17. The maximum absolute atomic E-state index is 12.4. The number of benzene rings is 1. The molecule has 0 amide bonds. The molecule has 0 spiro atoms. The third-order valence-corrected chi connectivity index (χ3v) is 2.89. The topological polar surface area (TPSA) is 12.0 Å². The fraction of sp³-hybridized carbons (Fsp3) is 0.571. The van der Waals surface area contributed by atoms with E-state index in [0.29, 0.717) is 6.04 Å². The van der Waals surface area contributed by atoms with E-state index in [1.54, 1.807) is 12.1 Å². The zero-order valence-corrected chi connectivity index (χ0v) is 10.8. The van der Waals surface area contributed by atoms with Gasteiger partial charge in [-0.3, -0.25) is 0 Å². The number of likely N-dealkylation sites (N-methyl/N-ethyl adjacent to an activating group) is 1. The Labute approximate surface area is 106 Å². The van der Waals surface area contributed by atoms with Gasteiger partial charge in [0, 0.05) is 6.04 Å². The molecule has 0 heterocycles. The minimum absolute atomic E-state index is 0.344. The molecule has 1 rings (SSSR count). The van der Waals surface area contributed by atoms with Crippen molar-refractivity contribution < 1.29 is 13.2 Å². The van der Waals surface area contributed by atoms with Crippen LogP contribution in [0, 0.1) is 0 Å². The number of rotatable bonds is 6. The summed E-state index contributed by atoms with van der Waals surface area (Å²) in [5.74, 6) is 0. The van der Waals surface area contributed by atoms with Crippen molar-refractivity contribution in [2.24, 2.45) is 0 Å². The Bertz CT molecular complexity index is 337. The van der Waals surface area contributed by atoms with Crippen molar-refractivity contribution in [3.63, 3.8) is 0 Å². The van der Waals surface area contributed by atoms with Crippen molar-refractivity contribution >= 4 is 0 Å². The average Bonchev–Trinajstić information content (AvgIpc) is 2.29. The molecule has 0 fully saturated rings. The first-order valence-corrected chi connectivity index (χ1v) is 6.36. The first-order chi connectivity index (χ1) is 8.47. The Morgan fingerprint density at radius 3 is 2.17 bits per heavy atom. The van der Waals surface area contributed by atoms with E-state index in [2.05, 4.69) is 12.2 Å². The number of hydrogen-bond acceptors (Lipinski definition) is 1. The zero-order chi connectivity index (χ0) is 13.6. The van der Waals surface area contributed by atoms with Gasteiger partial charge in [0.05, 0.1) is 5.56 Å². The second-order valence-electron chi connectivity index (χ2n) is 4.44. The molecule has 0 radical (unpaired) electrons. The monoisotopic (exact) mass is 259 g/mol. The highest BCUT2D eigenvalue weighted by Crippen LogP contribution is 2.29. The molecule has 1 nitrogen and oxygen atoms in total. The minimum atomic E-state index is -4.25. The molecule has 0 aliphatic rings. The van der Waals surface area contributed by atoms with E-state index >= 15 is 0 Å². The Morgan fingerprint density at radius 1 is 1.11 bits per heavy atom. The van der Waals surface area contributed by atoms with E-state index in [0.717, 1.165) is 43.5 Å². The summed E-state index contributed by atoms with van der Waals surface area (Å²) in [5.41, 5.74) is 0.365. The third-order valence-electron chi connectivity index (χ3n) is 2.89. The van der Waals surface area contributed by atoms with Crippen LogP contribution in [-0.4, -0.2) is 12.6 Å². The highest BCUT2D eigenvalue weighted by Gasteiger charge is 2.29. The van der Waals surface area contributed by atoms with Gasteiger partial charge in [-0.05, 0) is 37.1 Å². The van der Waals surface area contributed by atoms with E-state index in [1.165, 1.54) is 0 Å². The summed E-state index contributed by atoms with van der Waals surface area (Å²) < 4.78 is 37.2. The molecule has 0 aromatic heterocycles. The SMILES string of the molecule is CCCC(Cc1ccc(C(F)(F)F)cc1)NCC. The third kappa shape index (κ3) is 4.69. The molecule has 0 aliphatic carbocycles. The van der Waals surface area contributed by atoms with Crippen LogP contribution in [-0.2, 0) is 12.6 Å². The van der Waals surface area contributed by atoms with Crippen LogP contribution in [0.4, 0.5) is 13.2 Å². The number of hydrogen-bond donors (Lipinski definition) is 1. The van der Waals surface area contributed by atoms with E-state index < -0.39 is 11.7 Å². The molecule has 4 heteroatoms. The summed E-state index contributed by atoms with van der Waals surface area (Å²) in [6.07, 6.45) is -1.37. The van der Waals surface area contributed by atoms with Crippen LogP contribution in [0.25, 0.3) is 0 Å². The van der Waals surface area contributed by atoms with E-state index in [4.69, 9.17) is 0 Å². The molecule has 1 atom stereocenters. The van der Waals surface area contributed by atoms with Gasteiger partial charge < -0.3 is 5.32 Å². The Hall–Kier alpha value is -1.03. The molecule has 18 heavy (non-hydrogen) atoms. The second kappa shape index (κ2) is 6.78. The van der Waals surface area contributed by atoms with E-state index in [1.807, 2.05) is 6.92 Å². The lowest BCUT2D eigenvalue weighted by Crippen LogP contribution is -2.30. The first-order valence-electron chi connectivity index (χ1n) is 6.36. The Kier molecular flexibility index (Phi) is 5.66. The van der Waals surface area contributed by atoms with Crippen molar-refractivity contribution in [1.82, 2.24) is 5.32 Å². The van der Waals surface area contributed by atoms with Crippen LogP contribution >= 0.6 is 0 Å². The van der Waals surface area contributed by atoms with Crippen molar-refractivity contribution in [2.45, 2.75) is 45.3 Å². The molecule has 0 saturated heterocycles. The fourth-order valence-electron chi connectivity index (χ4n) is 2.03. The van der Waals surface area contributed by atoms with Gasteiger partial charge in [-0.1, -0.05) is 32.4 Å².